The van der Waals surface area contributed by atoms with Gasteiger partial charge in [0.1, 0.15) is 0 Å². The zero-order chi connectivity index (χ0) is 12.4. The van der Waals surface area contributed by atoms with Gasteiger partial charge in [-0.3, -0.25) is 4.79 Å². The summed E-state index contributed by atoms with van der Waals surface area (Å²) in [4.78, 5) is 12.2. The number of carbonyl (C=O) groups is 1. The van der Waals surface area contributed by atoms with E-state index in [2.05, 4.69) is 22.8 Å². The lowest BCUT2D eigenvalue weighted by Crippen LogP contribution is -2.42. The molecule has 1 heterocycles. The van der Waals surface area contributed by atoms with E-state index in [4.69, 9.17) is 0 Å². The summed E-state index contributed by atoms with van der Waals surface area (Å²) in [6.45, 7) is 0.759. The molecule has 1 aliphatic carbocycles. The molecule has 96 valence electrons. The molecule has 1 aliphatic heterocycles. The van der Waals surface area contributed by atoms with Crippen LogP contribution in [0.1, 0.15) is 31.2 Å². The van der Waals surface area contributed by atoms with Crippen molar-refractivity contribution in [1.82, 2.24) is 5.32 Å². The van der Waals surface area contributed by atoms with Gasteiger partial charge in [-0.05, 0) is 30.9 Å². The van der Waals surface area contributed by atoms with E-state index in [1.807, 2.05) is 12.1 Å². The molecule has 2 N–H and O–H groups in total. The molecule has 3 nitrogen and oxygen atoms in total. The summed E-state index contributed by atoms with van der Waals surface area (Å²) in [6, 6.07) is 8.69. The molecule has 1 saturated carbocycles. The van der Waals surface area contributed by atoms with Crippen molar-refractivity contribution >= 4 is 11.6 Å². The van der Waals surface area contributed by atoms with E-state index >= 15 is 0 Å². The summed E-state index contributed by atoms with van der Waals surface area (Å²) in [7, 11) is 0. The van der Waals surface area contributed by atoms with Crippen molar-refractivity contribution in [2.45, 2.75) is 38.1 Å². The van der Waals surface area contributed by atoms with Crippen LogP contribution >= 0.6 is 0 Å². The molecule has 0 spiro atoms. The van der Waals surface area contributed by atoms with Crippen molar-refractivity contribution in [3.05, 3.63) is 29.8 Å². The second kappa shape index (κ2) is 5.01. The molecule has 18 heavy (non-hydrogen) atoms. The normalized spacial score (nSPS) is 23.2. The van der Waals surface area contributed by atoms with Gasteiger partial charge in [0.2, 0.25) is 5.91 Å². The number of fused-ring (bicyclic) bond motifs is 1. The molecule has 0 aromatic heterocycles. The van der Waals surface area contributed by atoms with E-state index in [0.29, 0.717) is 6.04 Å². The maximum atomic E-state index is 12.2. The van der Waals surface area contributed by atoms with E-state index in [0.717, 1.165) is 25.8 Å². The van der Waals surface area contributed by atoms with Crippen LogP contribution in [0.4, 0.5) is 5.69 Å². The first kappa shape index (κ1) is 11.6. The average Bonchev–Trinajstić information content (AvgIpc) is 2.91. The van der Waals surface area contributed by atoms with Gasteiger partial charge < -0.3 is 10.6 Å². The molecule has 2 aliphatic rings. The van der Waals surface area contributed by atoms with Gasteiger partial charge in [-0.1, -0.05) is 31.0 Å². The molecular weight excluding hydrogens is 224 g/mol. The van der Waals surface area contributed by atoms with E-state index in [9.17, 15) is 4.79 Å². The molecule has 3 rings (SSSR count). The minimum Gasteiger partial charge on any atom is -0.384 e. The smallest absolute Gasteiger partial charge is 0.225 e. The first-order chi connectivity index (χ1) is 8.83. The predicted molar refractivity (Wildman–Crippen MR) is 72.5 cm³/mol. The molecule has 1 amide bonds. The highest BCUT2D eigenvalue weighted by atomic mass is 16.2. The lowest BCUT2D eigenvalue weighted by Gasteiger charge is -2.26. The lowest BCUT2D eigenvalue weighted by atomic mass is 9.93. The fraction of sp³-hybridized carbons (Fsp3) is 0.533. The minimum absolute atomic E-state index is 0.0838. The van der Waals surface area contributed by atoms with E-state index in [-0.39, 0.29) is 11.8 Å². The summed E-state index contributed by atoms with van der Waals surface area (Å²) >= 11 is 0. The van der Waals surface area contributed by atoms with Gasteiger partial charge in [0.25, 0.3) is 0 Å². The SMILES string of the molecule is O=C(NC1CCCC1)C1CNc2ccccc2C1. The molecule has 1 fully saturated rings. The van der Waals surface area contributed by atoms with Crippen LogP contribution in [-0.2, 0) is 11.2 Å². The van der Waals surface area contributed by atoms with Crippen LogP contribution in [-0.4, -0.2) is 18.5 Å². The van der Waals surface area contributed by atoms with Gasteiger partial charge in [-0.15, -0.1) is 0 Å². The van der Waals surface area contributed by atoms with Gasteiger partial charge in [0.15, 0.2) is 0 Å². The Kier molecular flexibility index (Phi) is 3.22. The average molecular weight is 244 g/mol. The fourth-order valence-corrected chi connectivity index (χ4v) is 3.02. The Hall–Kier alpha value is -1.51. The Morgan fingerprint density at radius 1 is 1.22 bits per heavy atom. The van der Waals surface area contributed by atoms with Gasteiger partial charge in [0.05, 0.1) is 5.92 Å². The van der Waals surface area contributed by atoms with Crippen molar-refractivity contribution in [2.24, 2.45) is 5.92 Å². The number of hydrogen-bond acceptors (Lipinski definition) is 2. The summed E-state index contributed by atoms with van der Waals surface area (Å²) in [6.07, 6.45) is 5.69. The van der Waals surface area contributed by atoms with Crippen LogP contribution < -0.4 is 10.6 Å². The van der Waals surface area contributed by atoms with E-state index < -0.39 is 0 Å². The second-order valence-corrected chi connectivity index (χ2v) is 5.43. The lowest BCUT2D eigenvalue weighted by molar-refractivity contribution is -0.125. The van der Waals surface area contributed by atoms with Crippen molar-refractivity contribution in [1.29, 1.82) is 0 Å². The van der Waals surface area contributed by atoms with Gasteiger partial charge in [-0.25, -0.2) is 0 Å². The zero-order valence-electron chi connectivity index (χ0n) is 10.6. The molecule has 0 saturated heterocycles. The monoisotopic (exact) mass is 244 g/mol. The molecule has 1 unspecified atom stereocenters. The fourth-order valence-electron chi connectivity index (χ4n) is 3.02. The predicted octanol–water partition coefficient (Wildman–Crippen LogP) is 2.33. The van der Waals surface area contributed by atoms with Crippen LogP contribution in [0.5, 0.6) is 0 Å². The van der Waals surface area contributed by atoms with Crippen molar-refractivity contribution in [3.63, 3.8) is 0 Å². The maximum Gasteiger partial charge on any atom is 0.225 e. The van der Waals surface area contributed by atoms with Gasteiger partial charge >= 0.3 is 0 Å². The molecule has 3 heteroatoms. The highest BCUT2D eigenvalue weighted by Crippen LogP contribution is 2.25. The largest absolute Gasteiger partial charge is 0.384 e. The molecular formula is C15H20N2O. The standard InChI is InChI=1S/C15H20N2O/c18-15(17-13-6-2-3-7-13)12-9-11-5-1-4-8-14(11)16-10-12/h1,4-5,8,12-13,16H,2-3,6-7,9-10H2,(H,17,18). The summed E-state index contributed by atoms with van der Waals surface area (Å²) in [5.74, 6) is 0.310. The quantitative estimate of drug-likeness (QED) is 0.838. The number of anilines is 1. The number of carbonyl (C=O) groups excluding carboxylic acids is 1. The third-order valence-corrected chi connectivity index (χ3v) is 4.09. The van der Waals surface area contributed by atoms with Crippen LogP contribution in [0.25, 0.3) is 0 Å². The number of hydrogen-bond donors (Lipinski definition) is 2. The van der Waals surface area contributed by atoms with Gasteiger partial charge in [0, 0.05) is 18.3 Å². The summed E-state index contributed by atoms with van der Waals surface area (Å²) < 4.78 is 0. The van der Waals surface area contributed by atoms with Gasteiger partial charge in [-0.2, -0.15) is 0 Å². The first-order valence-electron chi connectivity index (χ1n) is 6.95. The second-order valence-electron chi connectivity index (χ2n) is 5.43. The third-order valence-electron chi connectivity index (χ3n) is 4.09. The van der Waals surface area contributed by atoms with E-state index in [1.165, 1.54) is 24.1 Å². The van der Waals surface area contributed by atoms with E-state index in [1.54, 1.807) is 0 Å². The summed E-state index contributed by atoms with van der Waals surface area (Å²) in [5.41, 5.74) is 2.44. The number of rotatable bonds is 2. The third kappa shape index (κ3) is 2.35. The molecule has 0 radical (unpaired) electrons. The molecule has 1 aromatic carbocycles. The van der Waals surface area contributed by atoms with Crippen molar-refractivity contribution < 1.29 is 4.79 Å². The Morgan fingerprint density at radius 3 is 2.83 bits per heavy atom. The topological polar surface area (TPSA) is 41.1 Å². The number of amides is 1. The highest BCUT2D eigenvalue weighted by molar-refractivity contribution is 5.81. The van der Waals surface area contributed by atoms with Crippen LogP contribution in [0.2, 0.25) is 0 Å². The number of benzene rings is 1. The Morgan fingerprint density at radius 2 is 2.00 bits per heavy atom. The van der Waals surface area contributed by atoms with Crippen LogP contribution in [0, 0.1) is 5.92 Å². The zero-order valence-corrected chi connectivity index (χ0v) is 10.6. The number of para-hydroxylation sites is 1. The Bertz CT molecular complexity index is 438. The molecule has 0 bridgehead atoms. The summed E-state index contributed by atoms with van der Waals surface area (Å²) in [5, 5.41) is 6.56. The Labute approximate surface area is 108 Å². The highest BCUT2D eigenvalue weighted by Gasteiger charge is 2.26. The maximum absolute atomic E-state index is 12.2. The van der Waals surface area contributed by atoms with Crippen LogP contribution in [0.3, 0.4) is 0 Å². The number of nitrogens with one attached hydrogen (secondary N) is 2. The molecule has 1 atom stereocenters. The minimum atomic E-state index is 0.0838. The Balaban J connectivity index is 1.62. The first-order valence-corrected chi connectivity index (χ1v) is 6.95. The van der Waals surface area contributed by atoms with Crippen molar-refractivity contribution in [3.8, 4) is 0 Å². The van der Waals surface area contributed by atoms with Crippen molar-refractivity contribution in [2.75, 3.05) is 11.9 Å². The molecule has 1 aromatic rings. The van der Waals surface area contributed by atoms with Crippen LogP contribution in [0.15, 0.2) is 24.3 Å².